The third-order valence-electron chi connectivity index (χ3n) is 7.00. The van der Waals surface area contributed by atoms with Crippen molar-refractivity contribution in [2.75, 3.05) is 53.0 Å². The highest BCUT2D eigenvalue weighted by atomic mass is 16.5. The second-order valence-electron chi connectivity index (χ2n) is 9.91. The van der Waals surface area contributed by atoms with Crippen molar-refractivity contribution in [2.45, 2.75) is 64.7 Å². The first-order valence-corrected chi connectivity index (χ1v) is 13.3. The Hall–Kier alpha value is -2.19. The van der Waals surface area contributed by atoms with Gasteiger partial charge in [0.25, 0.3) is 0 Å². The van der Waals surface area contributed by atoms with Crippen LogP contribution < -0.4 is 11.1 Å². The molecule has 35 heavy (non-hydrogen) atoms. The molecule has 0 spiro atoms. The lowest BCUT2D eigenvalue weighted by Gasteiger charge is -2.30. The first-order chi connectivity index (χ1) is 16.9. The standard InChI is InChI=1S/C17H29N3O4.C10H17N/c18-15(21)12-19-17(23)14(10-13-4-2-1-3-5-13)11-16(22)20-6-8-24-9-7-20;1-3-11(2)9-10-7-5-4-6-8-10/h13-14H,1-12H2,(H2,18,21)(H,19,23);5,7-8H,3-4,6,9H2,1-2H3. The molecule has 1 saturated heterocycles. The Bertz CT molecular complexity index is 725. The molecule has 0 aromatic carbocycles. The molecule has 1 atom stereocenters. The van der Waals surface area contributed by atoms with Crippen LogP contribution in [0.25, 0.3) is 0 Å². The van der Waals surface area contributed by atoms with Crippen LogP contribution >= 0.6 is 0 Å². The molecule has 0 aromatic rings. The number of morpholine rings is 1. The molecule has 3 N–H and O–H groups in total. The largest absolute Gasteiger partial charge is 0.378 e. The molecule has 8 heteroatoms. The number of hydrogen-bond acceptors (Lipinski definition) is 5. The van der Waals surface area contributed by atoms with Gasteiger partial charge in [-0.25, -0.2) is 0 Å². The van der Waals surface area contributed by atoms with Gasteiger partial charge in [-0.05, 0) is 44.3 Å². The number of rotatable bonds is 10. The van der Waals surface area contributed by atoms with Crippen molar-refractivity contribution in [3.05, 3.63) is 23.8 Å². The van der Waals surface area contributed by atoms with Crippen LogP contribution in [0.15, 0.2) is 23.8 Å². The number of allylic oxidation sites excluding steroid dienone is 2. The van der Waals surface area contributed by atoms with Crippen LogP contribution in [0.4, 0.5) is 0 Å². The van der Waals surface area contributed by atoms with E-state index in [9.17, 15) is 14.4 Å². The molecule has 1 unspecified atom stereocenters. The van der Waals surface area contributed by atoms with Gasteiger partial charge in [0.2, 0.25) is 17.7 Å². The number of nitrogens with zero attached hydrogens (tertiary/aromatic N) is 2. The van der Waals surface area contributed by atoms with Gasteiger partial charge in [-0.1, -0.05) is 57.3 Å². The number of nitrogens with one attached hydrogen (secondary N) is 1. The van der Waals surface area contributed by atoms with E-state index in [2.05, 4.69) is 42.4 Å². The van der Waals surface area contributed by atoms with Crippen molar-refractivity contribution in [1.82, 2.24) is 15.1 Å². The van der Waals surface area contributed by atoms with Crippen molar-refractivity contribution >= 4 is 17.7 Å². The predicted molar refractivity (Wildman–Crippen MR) is 139 cm³/mol. The van der Waals surface area contributed by atoms with Crippen molar-refractivity contribution in [3.63, 3.8) is 0 Å². The molecule has 8 nitrogen and oxygen atoms in total. The van der Waals surface area contributed by atoms with Gasteiger partial charge < -0.3 is 25.6 Å². The highest BCUT2D eigenvalue weighted by Gasteiger charge is 2.29. The van der Waals surface area contributed by atoms with Gasteiger partial charge >= 0.3 is 0 Å². The van der Waals surface area contributed by atoms with E-state index in [0.717, 1.165) is 25.9 Å². The van der Waals surface area contributed by atoms with E-state index >= 15 is 0 Å². The average molecular weight is 491 g/mol. The van der Waals surface area contributed by atoms with Crippen LogP contribution in [0.5, 0.6) is 0 Å². The van der Waals surface area contributed by atoms with E-state index in [0.29, 0.717) is 38.6 Å². The van der Waals surface area contributed by atoms with E-state index < -0.39 is 5.91 Å². The Balaban J connectivity index is 0.000000328. The molecule has 0 aromatic heterocycles. The summed E-state index contributed by atoms with van der Waals surface area (Å²) in [6, 6.07) is 0. The number of nitrogens with two attached hydrogens (primary N) is 1. The molecule has 0 radical (unpaired) electrons. The van der Waals surface area contributed by atoms with Crippen LogP contribution in [0.1, 0.15) is 64.7 Å². The van der Waals surface area contributed by atoms with Crippen molar-refractivity contribution in [3.8, 4) is 0 Å². The number of carbonyl (C=O) groups excluding carboxylic acids is 3. The van der Waals surface area contributed by atoms with Gasteiger partial charge in [0.1, 0.15) is 0 Å². The maximum Gasteiger partial charge on any atom is 0.236 e. The quantitative estimate of drug-likeness (QED) is 0.490. The normalized spacial score (nSPS) is 19.4. The van der Waals surface area contributed by atoms with Gasteiger partial charge in [-0.3, -0.25) is 14.4 Å². The average Bonchev–Trinajstić information content (AvgIpc) is 2.89. The Labute approximate surface area is 211 Å². The van der Waals surface area contributed by atoms with Gasteiger partial charge in [0, 0.05) is 32.0 Å². The number of amides is 3. The monoisotopic (exact) mass is 490 g/mol. The van der Waals surface area contributed by atoms with E-state index in [1.807, 2.05) is 0 Å². The topological polar surface area (TPSA) is 105 Å². The molecule has 0 bridgehead atoms. The zero-order valence-corrected chi connectivity index (χ0v) is 21.8. The maximum absolute atomic E-state index is 12.5. The van der Waals surface area contributed by atoms with Crippen molar-refractivity contribution in [2.24, 2.45) is 17.6 Å². The summed E-state index contributed by atoms with van der Waals surface area (Å²) in [5.74, 6) is -0.711. The van der Waals surface area contributed by atoms with E-state index in [1.54, 1.807) is 4.90 Å². The second-order valence-corrected chi connectivity index (χ2v) is 9.91. The van der Waals surface area contributed by atoms with Crippen LogP contribution in [-0.4, -0.2) is 80.5 Å². The fraction of sp³-hybridized carbons (Fsp3) is 0.741. The van der Waals surface area contributed by atoms with Crippen LogP contribution in [-0.2, 0) is 19.1 Å². The Morgan fingerprint density at radius 1 is 1.17 bits per heavy atom. The molecule has 3 aliphatic rings. The summed E-state index contributed by atoms with van der Waals surface area (Å²) in [5, 5.41) is 2.57. The van der Waals surface area contributed by atoms with Crippen molar-refractivity contribution < 1.29 is 19.1 Å². The van der Waals surface area contributed by atoms with E-state index in [4.69, 9.17) is 10.5 Å². The van der Waals surface area contributed by atoms with Gasteiger partial charge in [-0.15, -0.1) is 0 Å². The summed E-state index contributed by atoms with van der Waals surface area (Å²) in [7, 11) is 2.16. The summed E-state index contributed by atoms with van der Waals surface area (Å²) in [6.45, 7) is 6.51. The maximum atomic E-state index is 12.5. The highest BCUT2D eigenvalue weighted by Crippen LogP contribution is 2.30. The fourth-order valence-electron chi connectivity index (χ4n) is 4.79. The Morgan fingerprint density at radius 3 is 2.49 bits per heavy atom. The molecule has 3 rings (SSSR count). The van der Waals surface area contributed by atoms with Crippen LogP contribution in [0, 0.1) is 11.8 Å². The zero-order chi connectivity index (χ0) is 25.5. The van der Waals surface area contributed by atoms with Crippen LogP contribution in [0.3, 0.4) is 0 Å². The van der Waals surface area contributed by atoms with E-state index in [1.165, 1.54) is 37.7 Å². The minimum atomic E-state index is -0.570. The summed E-state index contributed by atoms with van der Waals surface area (Å²) in [4.78, 5) is 39.9. The number of likely N-dealkylation sites (N-methyl/N-ethyl adjacent to an activating group) is 1. The minimum Gasteiger partial charge on any atom is -0.378 e. The van der Waals surface area contributed by atoms with Gasteiger partial charge in [0.15, 0.2) is 0 Å². The molecule has 2 fully saturated rings. The SMILES string of the molecule is CCN(C)CC1=CCCC=C1.NC(=O)CNC(=O)C(CC(=O)N1CCOCC1)CC1CCCCC1. The number of carbonyl (C=O) groups is 3. The highest BCUT2D eigenvalue weighted by molar-refractivity contribution is 5.88. The van der Waals surface area contributed by atoms with Gasteiger partial charge in [0.05, 0.1) is 19.8 Å². The van der Waals surface area contributed by atoms with E-state index in [-0.39, 0.29) is 30.7 Å². The minimum absolute atomic E-state index is 0.00617. The Kier molecular flexibility index (Phi) is 13.7. The summed E-state index contributed by atoms with van der Waals surface area (Å²) in [6.07, 6.45) is 16.1. The molecular weight excluding hydrogens is 444 g/mol. The second kappa shape index (κ2) is 16.5. The summed E-state index contributed by atoms with van der Waals surface area (Å²) >= 11 is 0. The summed E-state index contributed by atoms with van der Waals surface area (Å²) in [5.41, 5.74) is 6.57. The molecule has 198 valence electrons. The summed E-state index contributed by atoms with van der Waals surface area (Å²) < 4.78 is 5.26. The lowest BCUT2D eigenvalue weighted by atomic mass is 9.81. The van der Waals surface area contributed by atoms with Gasteiger partial charge in [-0.2, -0.15) is 0 Å². The predicted octanol–water partition coefficient (Wildman–Crippen LogP) is 2.64. The molecule has 3 amide bonds. The first kappa shape index (κ1) is 29.0. The lowest BCUT2D eigenvalue weighted by Crippen LogP contribution is -2.44. The smallest absolute Gasteiger partial charge is 0.236 e. The third-order valence-corrected chi connectivity index (χ3v) is 7.00. The molecule has 1 saturated carbocycles. The third kappa shape index (κ3) is 11.9. The fourth-order valence-corrected chi connectivity index (χ4v) is 4.79. The molecule has 1 heterocycles. The Morgan fingerprint density at radius 2 is 1.89 bits per heavy atom. The van der Waals surface area contributed by atoms with Crippen LogP contribution in [0.2, 0.25) is 0 Å². The number of hydrogen-bond donors (Lipinski definition) is 2. The molecule has 1 aliphatic heterocycles. The molecular formula is C27H46N4O4. The number of ether oxygens (including phenoxy) is 1. The lowest BCUT2D eigenvalue weighted by molar-refractivity contribution is -0.140. The first-order valence-electron chi connectivity index (χ1n) is 13.3. The number of primary amides is 1. The molecule has 2 aliphatic carbocycles. The zero-order valence-electron chi connectivity index (χ0n) is 21.8. The van der Waals surface area contributed by atoms with Crippen molar-refractivity contribution in [1.29, 1.82) is 0 Å².